The van der Waals surface area contributed by atoms with Crippen LogP contribution in [-0.4, -0.2) is 17.2 Å². The second kappa shape index (κ2) is 6.37. The van der Waals surface area contributed by atoms with Crippen LogP contribution in [-0.2, 0) is 11.2 Å². The minimum Gasteiger partial charge on any atom is -0.494 e. The maximum Gasteiger partial charge on any atom is 0.152 e. The number of alkyl halides is 1. The summed E-state index contributed by atoms with van der Waals surface area (Å²) >= 11 is 3.50. The SMILES string of the molecule is CCOc1ccccc1CC(Br)C(=O)C(C)(C)C. The summed E-state index contributed by atoms with van der Waals surface area (Å²) < 4.78 is 5.57. The molecule has 0 saturated carbocycles. The zero-order valence-corrected chi connectivity index (χ0v) is 13.1. The molecular formula is C15H21BrO2. The first-order valence-corrected chi connectivity index (χ1v) is 7.17. The van der Waals surface area contributed by atoms with Gasteiger partial charge in [-0.15, -0.1) is 0 Å². The van der Waals surface area contributed by atoms with Crippen LogP contribution < -0.4 is 4.74 Å². The van der Waals surface area contributed by atoms with Gasteiger partial charge in [-0.3, -0.25) is 4.79 Å². The molecule has 1 atom stereocenters. The van der Waals surface area contributed by atoms with Gasteiger partial charge in [0.15, 0.2) is 5.78 Å². The highest BCUT2D eigenvalue weighted by Gasteiger charge is 2.28. The highest BCUT2D eigenvalue weighted by molar-refractivity contribution is 9.10. The topological polar surface area (TPSA) is 26.3 Å². The van der Waals surface area contributed by atoms with Gasteiger partial charge in [-0.2, -0.15) is 0 Å². The van der Waals surface area contributed by atoms with Crippen LogP contribution in [0.2, 0.25) is 0 Å². The number of Topliss-reactive ketones (excluding diaryl/α,β-unsaturated/α-hetero) is 1. The summed E-state index contributed by atoms with van der Waals surface area (Å²) in [6, 6.07) is 7.87. The van der Waals surface area contributed by atoms with Crippen molar-refractivity contribution in [1.29, 1.82) is 0 Å². The Hall–Kier alpha value is -0.830. The Balaban J connectivity index is 2.81. The first-order chi connectivity index (χ1) is 8.36. The molecule has 0 radical (unpaired) electrons. The largest absolute Gasteiger partial charge is 0.494 e. The minimum absolute atomic E-state index is 0.167. The van der Waals surface area contributed by atoms with E-state index in [1.165, 1.54) is 0 Å². The Morgan fingerprint density at radius 2 is 1.94 bits per heavy atom. The molecule has 18 heavy (non-hydrogen) atoms. The molecule has 1 rings (SSSR count). The number of rotatable bonds is 5. The molecule has 0 aliphatic carbocycles. The minimum atomic E-state index is -0.325. The Labute approximate surface area is 118 Å². The molecule has 0 amide bonds. The van der Waals surface area contributed by atoms with E-state index in [1.54, 1.807) is 0 Å². The average molecular weight is 313 g/mol. The Bertz CT molecular complexity index is 407. The fraction of sp³-hybridized carbons (Fsp3) is 0.533. The van der Waals surface area contributed by atoms with Crippen molar-refractivity contribution in [3.63, 3.8) is 0 Å². The van der Waals surface area contributed by atoms with E-state index in [2.05, 4.69) is 15.9 Å². The number of carbonyl (C=O) groups is 1. The number of hydrogen-bond acceptors (Lipinski definition) is 2. The standard InChI is InChI=1S/C15H21BrO2/c1-5-18-13-9-7-6-8-11(13)10-12(16)14(17)15(2,3)4/h6-9,12H,5,10H2,1-4H3. The molecule has 0 heterocycles. The van der Waals surface area contributed by atoms with Gasteiger partial charge in [-0.25, -0.2) is 0 Å². The Kier molecular flexibility index (Phi) is 5.39. The van der Waals surface area contributed by atoms with Crippen LogP contribution in [0.15, 0.2) is 24.3 Å². The van der Waals surface area contributed by atoms with Crippen molar-refractivity contribution in [3.05, 3.63) is 29.8 Å². The van der Waals surface area contributed by atoms with Gasteiger partial charge in [-0.1, -0.05) is 54.9 Å². The van der Waals surface area contributed by atoms with E-state index < -0.39 is 0 Å². The first kappa shape index (κ1) is 15.2. The highest BCUT2D eigenvalue weighted by Crippen LogP contribution is 2.26. The third-order valence-electron chi connectivity index (χ3n) is 2.70. The van der Waals surface area contributed by atoms with E-state index in [1.807, 2.05) is 52.0 Å². The van der Waals surface area contributed by atoms with Crippen molar-refractivity contribution in [1.82, 2.24) is 0 Å². The molecule has 2 nitrogen and oxygen atoms in total. The van der Waals surface area contributed by atoms with Gasteiger partial charge in [0.2, 0.25) is 0 Å². The molecule has 0 aromatic heterocycles. The zero-order valence-electron chi connectivity index (χ0n) is 11.5. The fourth-order valence-corrected chi connectivity index (χ4v) is 2.76. The van der Waals surface area contributed by atoms with Crippen LogP contribution >= 0.6 is 15.9 Å². The molecule has 100 valence electrons. The summed E-state index contributed by atoms with van der Waals surface area (Å²) in [5, 5.41) is 0. The molecule has 0 aliphatic heterocycles. The molecule has 1 unspecified atom stereocenters. The predicted octanol–water partition coefficient (Wildman–Crippen LogP) is 4.01. The summed E-state index contributed by atoms with van der Waals surface area (Å²) in [6.07, 6.45) is 0.659. The smallest absolute Gasteiger partial charge is 0.152 e. The fourth-order valence-electron chi connectivity index (χ4n) is 1.72. The molecule has 0 bridgehead atoms. The van der Waals surface area contributed by atoms with Gasteiger partial charge in [0.05, 0.1) is 11.4 Å². The lowest BCUT2D eigenvalue weighted by Gasteiger charge is -2.21. The van der Waals surface area contributed by atoms with Crippen LogP contribution in [0.3, 0.4) is 0 Å². The highest BCUT2D eigenvalue weighted by atomic mass is 79.9. The molecule has 3 heteroatoms. The van der Waals surface area contributed by atoms with Gasteiger partial charge in [0, 0.05) is 5.41 Å². The zero-order chi connectivity index (χ0) is 13.8. The monoisotopic (exact) mass is 312 g/mol. The van der Waals surface area contributed by atoms with E-state index in [9.17, 15) is 4.79 Å². The molecule has 1 aromatic rings. The molecule has 1 aromatic carbocycles. The van der Waals surface area contributed by atoms with Crippen molar-refractivity contribution >= 4 is 21.7 Å². The number of para-hydroxylation sites is 1. The number of carbonyl (C=O) groups excluding carboxylic acids is 1. The van der Waals surface area contributed by atoms with Crippen molar-refractivity contribution in [2.45, 2.75) is 38.9 Å². The summed E-state index contributed by atoms with van der Waals surface area (Å²) in [7, 11) is 0. The van der Waals surface area contributed by atoms with E-state index in [0.717, 1.165) is 11.3 Å². The molecule has 0 spiro atoms. The van der Waals surface area contributed by atoms with Gasteiger partial charge in [0.1, 0.15) is 5.75 Å². The maximum absolute atomic E-state index is 12.2. The third-order valence-corrected chi connectivity index (χ3v) is 3.43. The normalized spacial score (nSPS) is 13.2. The molecule has 0 aliphatic rings. The number of halogens is 1. The van der Waals surface area contributed by atoms with Crippen molar-refractivity contribution in [2.24, 2.45) is 5.41 Å². The van der Waals surface area contributed by atoms with Gasteiger partial charge in [-0.05, 0) is 25.0 Å². The third kappa shape index (κ3) is 4.13. The molecule has 0 N–H and O–H groups in total. The summed E-state index contributed by atoms with van der Waals surface area (Å²) in [5.41, 5.74) is 0.744. The molecular weight excluding hydrogens is 292 g/mol. The summed E-state index contributed by atoms with van der Waals surface area (Å²) in [6.45, 7) is 8.42. The second-order valence-corrected chi connectivity index (χ2v) is 6.43. The lowest BCUT2D eigenvalue weighted by Crippen LogP contribution is -2.30. The van der Waals surface area contributed by atoms with Crippen LogP contribution in [0.1, 0.15) is 33.3 Å². The quantitative estimate of drug-likeness (QED) is 0.768. The van der Waals surface area contributed by atoms with Gasteiger partial charge < -0.3 is 4.74 Å². The van der Waals surface area contributed by atoms with Crippen LogP contribution in [0.25, 0.3) is 0 Å². The average Bonchev–Trinajstić information content (AvgIpc) is 2.29. The number of ether oxygens (including phenoxy) is 1. The predicted molar refractivity (Wildman–Crippen MR) is 78.5 cm³/mol. The molecule has 0 saturated heterocycles. The van der Waals surface area contributed by atoms with E-state index in [4.69, 9.17) is 4.74 Å². The van der Waals surface area contributed by atoms with E-state index in [-0.39, 0.29) is 16.0 Å². The Morgan fingerprint density at radius 1 is 1.33 bits per heavy atom. The Morgan fingerprint density at radius 3 is 2.50 bits per heavy atom. The number of ketones is 1. The number of hydrogen-bond donors (Lipinski definition) is 0. The lowest BCUT2D eigenvalue weighted by atomic mass is 9.87. The van der Waals surface area contributed by atoms with Crippen molar-refractivity contribution < 1.29 is 9.53 Å². The van der Waals surface area contributed by atoms with Crippen molar-refractivity contribution in [2.75, 3.05) is 6.61 Å². The van der Waals surface area contributed by atoms with Crippen LogP contribution in [0.4, 0.5) is 0 Å². The summed E-state index contributed by atoms with van der Waals surface area (Å²) in [5.74, 6) is 1.08. The second-order valence-electron chi connectivity index (χ2n) is 5.33. The first-order valence-electron chi connectivity index (χ1n) is 6.25. The van der Waals surface area contributed by atoms with Gasteiger partial charge in [0.25, 0.3) is 0 Å². The summed E-state index contributed by atoms with van der Waals surface area (Å²) in [4.78, 5) is 12.0. The van der Waals surface area contributed by atoms with Crippen LogP contribution in [0.5, 0.6) is 5.75 Å². The van der Waals surface area contributed by atoms with Crippen LogP contribution in [0, 0.1) is 5.41 Å². The molecule has 0 fully saturated rings. The number of benzene rings is 1. The van der Waals surface area contributed by atoms with E-state index in [0.29, 0.717) is 13.0 Å². The van der Waals surface area contributed by atoms with Crippen molar-refractivity contribution in [3.8, 4) is 5.75 Å². The van der Waals surface area contributed by atoms with Gasteiger partial charge >= 0.3 is 0 Å². The van der Waals surface area contributed by atoms with E-state index >= 15 is 0 Å². The lowest BCUT2D eigenvalue weighted by molar-refractivity contribution is -0.125. The maximum atomic E-state index is 12.2.